The van der Waals surface area contributed by atoms with E-state index in [1.807, 2.05) is 74.5 Å². The molecular weight excluding hydrogens is 470 g/mol. The van der Waals surface area contributed by atoms with Gasteiger partial charge in [-0.3, -0.25) is 4.79 Å². The lowest BCUT2D eigenvalue weighted by Crippen LogP contribution is -2.20. The number of nitrogens with zero attached hydrogens (tertiary/aromatic N) is 3. The van der Waals surface area contributed by atoms with Crippen LogP contribution in [0.25, 0.3) is 22.3 Å². The van der Waals surface area contributed by atoms with Gasteiger partial charge in [-0.25, -0.2) is 4.98 Å². The minimum absolute atomic E-state index is 0.00555. The Bertz CT molecular complexity index is 1350. The van der Waals surface area contributed by atoms with Crippen LogP contribution >= 0.6 is 15.9 Å². The molecular formula is C25H22BrN3O3. The van der Waals surface area contributed by atoms with E-state index in [0.29, 0.717) is 28.2 Å². The number of hydrogen-bond acceptors (Lipinski definition) is 5. The lowest BCUT2D eigenvalue weighted by Gasteiger charge is -2.15. The average molecular weight is 492 g/mol. The second kappa shape index (κ2) is 9.36. The summed E-state index contributed by atoms with van der Waals surface area (Å²) in [5.41, 5.74) is 1.91. The highest BCUT2D eigenvalue weighted by Gasteiger charge is 2.14. The third-order valence-electron chi connectivity index (χ3n) is 4.74. The van der Waals surface area contributed by atoms with E-state index in [0.717, 1.165) is 15.6 Å². The number of methoxy groups -OCH3 is 1. The molecule has 32 heavy (non-hydrogen) atoms. The highest BCUT2D eigenvalue weighted by Crippen LogP contribution is 2.33. The smallest absolute Gasteiger partial charge is 0.282 e. The minimum Gasteiger partial charge on any atom is -0.493 e. The quantitative estimate of drug-likeness (QED) is 0.333. The van der Waals surface area contributed by atoms with E-state index in [1.54, 1.807) is 19.4 Å². The average Bonchev–Trinajstić information content (AvgIpc) is 2.79. The molecule has 0 unspecified atom stereocenters. The van der Waals surface area contributed by atoms with E-state index < -0.39 is 0 Å². The van der Waals surface area contributed by atoms with E-state index in [2.05, 4.69) is 21.0 Å². The van der Waals surface area contributed by atoms with E-state index in [4.69, 9.17) is 14.5 Å². The van der Waals surface area contributed by atoms with E-state index in [9.17, 15) is 4.79 Å². The fraction of sp³-hybridized carbons (Fsp3) is 0.160. The Labute approximate surface area is 194 Å². The van der Waals surface area contributed by atoms with Crippen LogP contribution in [0, 0.1) is 0 Å². The number of rotatable bonds is 6. The van der Waals surface area contributed by atoms with Crippen molar-refractivity contribution < 1.29 is 9.47 Å². The summed E-state index contributed by atoms with van der Waals surface area (Å²) in [6.07, 6.45) is 1.61. The summed E-state index contributed by atoms with van der Waals surface area (Å²) in [6, 6.07) is 20.4. The Kier molecular flexibility index (Phi) is 6.37. The maximum Gasteiger partial charge on any atom is 0.282 e. The first-order valence-electron chi connectivity index (χ1n) is 10.1. The van der Waals surface area contributed by atoms with Gasteiger partial charge in [0.15, 0.2) is 17.3 Å². The van der Waals surface area contributed by atoms with Gasteiger partial charge >= 0.3 is 0 Å². The van der Waals surface area contributed by atoms with Crippen LogP contribution in [0.15, 0.2) is 81.1 Å². The lowest BCUT2D eigenvalue weighted by atomic mass is 10.2. The number of para-hydroxylation sites is 1. The van der Waals surface area contributed by atoms with Crippen LogP contribution in [-0.4, -0.2) is 29.1 Å². The number of fused-ring (bicyclic) bond motifs is 1. The predicted molar refractivity (Wildman–Crippen MR) is 131 cm³/mol. The van der Waals surface area contributed by atoms with Crippen molar-refractivity contribution in [2.45, 2.75) is 20.0 Å². The maximum atomic E-state index is 13.3. The predicted octanol–water partition coefficient (Wildman–Crippen LogP) is 5.50. The standard InChI is InChI=1S/C25H22BrN3O3/c1-16(2)32-23-14-20(26)18(13-22(23)31-3)15-27-29-24(17-9-5-4-6-10-17)28-21-12-8-7-11-19(21)25(29)30/h4-16H,1-3H3. The van der Waals surface area contributed by atoms with Crippen molar-refractivity contribution >= 4 is 33.0 Å². The Balaban J connectivity index is 1.86. The summed E-state index contributed by atoms with van der Waals surface area (Å²) in [4.78, 5) is 18.0. The second-order valence-corrected chi connectivity index (χ2v) is 8.23. The number of halogens is 1. The molecule has 7 heteroatoms. The molecule has 0 spiro atoms. The molecule has 0 fully saturated rings. The first-order chi connectivity index (χ1) is 15.5. The SMILES string of the molecule is COc1cc(C=Nn2c(-c3ccccc3)nc3ccccc3c2=O)c(Br)cc1OC(C)C. The van der Waals surface area contributed by atoms with Gasteiger partial charge in [-0.1, -0.05) is 42.5 Å². The van der Waals surface area contributed by atoms with Crippen LogP contribution in [0.3, 0.4) is 0 Å². The van der Waals surface area contributed by atoms with Crippen molar-refractivity contribution in [1.82, 2.24) is 9.66 Å². The van der Waals surface area contributed by atoms with E-state index >= 15 is 0 Å². The van der Waals surface area contributed by atoms with Gasteiger partial charge in [0.05, 0.1) is 30.3 Å². The Hall–Kier alpha value is -3.45. The van der Waals surface area contributed by atoms with Gasteiger partial charge in [0, 0.05) is 15.6 Å². The molecule has 162 valence electrons. The summed E-state index contributed by atoms with van der Waals surface area (Å²) in [5, 5.41) is 5.02. The Morgan fingerprint density at radius 2 is 1.75 bits per heavy atom. The van der Waals surface area contributed by atoms with Crippen LogP contribution in [0.5, 0.6) is 11.5 Å². The zero-order chi connectivity index (χ0) is 22.7. The van der Waals surface area contributed by atoms with Crippen LogP contribution in [-0.2, 0) is 0 Å². The van der Waals surface area contributed by atoms with Gasteiger partial charge in [0.1, 0.15) is 0 Å². The molecule has 0 aliphatic rings. The first kappa shape index (κ1) is 21.8. The summed E-state index contributed by atoms with van der Waals surface area (Å²) >= 11 is 3.57. The fourth-order valence-electron chi connectivity index (χ4n) is 3.28. The van der Waals surface area contributed by atoms with Crippen molar-refractivity contribution in [1.29, 1.82) is 0 Å². The fourth-order valence-corrected chi connectivity index (χ4v) is 3.70. The molecule has 0 aliphatic carbocycles. The normalized spacial score (nSPS) is 11.4. The molecule has 0 saturated heterocycles. The first-order valence-corrected chi connectivity index (χ1v) is 10.9. The summed E-state index contributed by atoms with van der Waals surface area (Å²) in [7, 11) is 1.59. The summed E-state index contributed by atoms with van der Waals surface area (Å²) in [5.74, 6) is 1.67. The third kappa shape index (κ3) is 4.43. The lowest BCUT2D eigenvalue weighted by molar-refractivity contribution is 0.230. The van der Waals surface area contributed by atoms with Crippen molar-refractivity contribution in [3.05, 3.63) is 87.1 Å². The summed E-state index contributed by atoms with van der Waals surface area (Å²) in [6.45, 7) is 3.90. The molecule has 0 amide bonds. The molecule has 4 rings (SSSR count). The molecule has 0 radical (unpaired) electrons. The van der Waals surface area contributed by atoms with Crippen LogP contribution < -0.4 is 15.0 Å². The molecule has 1 heterocycles. The Morgan fingerprint density at radius 1 is 1.03 bits per heavy atom. The number of benzene rings is 3. The van der Waals surface area contributed by atoms with Gasteiger partial charge in [-0.05, 0) is 54.0 Å². The maximum absolute atomic E-state index is 13.3. The van der Waals surface area contributed by atoms with E-state index in [-0.39, 0.29) is 11.7 Å². The molecule has 0 saturated carbocycles. The van der Waals surface area contributed by atoms with Gasteiger partial charge in [0.25, 0.3) is 5.56 Å². The van der Waals surface area contributed by atoms with Crippen LogP contribution in [0.1, 0.15) is 19.4 Å². The number of ether oxygens (including phenoxy) is 2. The van der Waals surface area contributed by atoms with Crippen molar-refractivity contribution in [3.63, 3.8) is 0 Å². The van der Waals surface area contributed by atoms with Crippen molar-refractivity contribution in [3.8, 4) is 22.9 Å². The number of aromatic nitrogens is 2. The molecule has 0 bridgehead atoms. The molecule has 6 nitrogen and oxygen atoms in total. The molecule has 1 aromatic heterocycles. The van der Waals surface area contributed by atoms with Crippen molar-refractivity contribution in [2.75, 3.05) is 7.11 Å². The van der Waals surface area contributed by atoms with E-state index in [1.165, 1.54) is 4.68 Å². The second-order valence-electron chi connectivity index (χ2n) is 7.37. The summed E-state index contributed by atoms with van der Waals surface area (Å²) < 4.78 is 13.4. The monoisotopic (exact) mass is 491 g/mol. The highest BCUT2D eigenvalue weighted by molar-refractivity contribution is 9.10. The molecule has 0 aliphatic heterocycles. The largest absolute Gasteiger partial charge is 0.493 e. The molecule has 0 atom stereocenters. The van der Waals surface area contributed by atoms with Crippen molar-refractivity contribution in [2.24, 2.45) is 5.10 Å². The minimum atomic E-state index is -0.242. The van der Waals surface area contributed by atoms with Crippen LogP contribution in [0.2, 0.25) is 0 Å². The van der Waals surface area contributed by atoms with Gasteiger partial charge < -0.3 is 9.47 Å². The third-order valence-corrected chi connectivity index (χ3v) is 5.43. The molecule has 3 aromatic carbocycles. The zero-order valence-corrected chi connectivity index (χ0v) is 19.5. The van der Waals surface area contributed by atoms with Gasteiger partial charge in [0.2, 0.25) is 0 Å². The molecule has 0 N–H and O–H groups in total. The zero-order valence-electron chi connectivity index (χ0n) is 17.9. The highest BCUT2D eigenvalue weighted by atomic mass is 79.9. The Morgan fingerprint density at radius 3 is 2.47 bits per heavy atom. The van der Waals surface area contributed by atoms with Gasteiger partial charge in [-0.2, -0.15) is 9.78 Å². The van der Waals surface area contributed by atoms with Crippen LogP contribution in [0.4, 0.5) is 0 Å². The number of hydrogen-bond donors (Lipinski definition) is 0. The molecule has 4 aromatic rings. The topological polar surface area (TPSA) is 65.7 Å². The van der Waals surface area contributed by atoms with Gasteiger partial charge in [-0.15, -0.1) is 0 Å².